The third-order valence-corrected chi connectivity index (χ3v) is 3.07. The van der Waals surface area contributed by atoms with Gasteiger partial charge in [-0.2, -0.15) is 5.26 Å². The fourth-order valence-corrected chi connectivity index (χ4v) is 2.01. The average molecular weight is 229 g/mol. The Balaban J connectivity index is 2.27. The van der Waals surface area contributed by atoms with E-state index in [1.807, 2.05) is 0 Å². The number of esters is 1. The standard InChI is InChI=1S/C13H11NO3/c1-17-12(16)9-2-4-10(5-3-9)13(8-14)6-11(15)7-13/h2-5H,6-7H2,1H3. The molecule has 0 heterocycles. The molecular weight excluding hydrogens is 218 g/mol. The highest BCUT2D eigenvalue weighted by Gasteiger charge is 2.45. The van der Waals surface area contributed by atoms with Crippen molar-refractivity contribution in [2.24, 2.45) is 0 Å². The maximum Gasteiger partial charge on any atom is 0.337 e. The van der Waals surface area contributed by atoms with Gasteiger partial charge in [0, 0.05) is 12.8 Å². The van der Waals surface area contributed by atoms with E-state index in [0.717, 1.165) is 5.56 Å². The third kappa shape index (κ3) is 1.80. The minimum Gasteiger partial charge on any atom is -0.465 e. The molecule has 17 heavy (non-hydrogen) atoms. The first kappa shape index (κ1) is 11.3. The number of ether oxygens (including phenoxy) is 1. The second-order valence-electron chi connectivity index (χ2n) is 4.16. The van der Waals surface area contributed by atoms with Crippen molar-refractivity contribution in [3.8, 4) is 6.07 Å². The van der Waals surface area contributed by atoms with Crippen molar-refractivity contribution in [3.05, 3.63) is 35.4 Å². The van der Waals surface area contributed by atoms with Crippen LogP contribution in [0.1, 0.15) is 28.8 Å². The van der Waals surface area contributed by atoms with E-state index in [9.17, 15) is 9.59 Å². The number of benzene rings is 1. The first-order valence-corrected chi connectivity index (χ1v) is 5.23. The molecule has 0 amide bonds. The van der Waals surface area contributed by atoms with Crippen LogP contribution in [0, 0.1) is 11.3 Å². The van der Waals surface area contributed by atoms with E-state index in [4.69, 9.17) is 5.26 Å². The van der Waals surface area contributed by atoms with Crippen LogP contribution < -0.4 is 0 Å². The lowest BCUT2D eigenvalue weighted by Crippen LogP contribution is -2.40. The van der Waals surface area contributed by atoms with Crippen LogP contribution in [0.15, 0.2) is 24.3 Å². The van der Waals surface area contributed by atoms with Crippen molar-refractivity contribution < 1.29 is 14.3 Å². The largest absolute Gasteiger partial charge is 0.465 e. The van der Waals surface area contributed by atoms with Gasteiger partial charge in [0.05, 0.1) is 24.2 Å². The van der Waals surface area contributed by atoms with Gasteiger partial charge in [0.2, 0.25) is 0 Å². The second kappa shape index (κ2) is 4.02. The first-order chi connectivity index (χ1) is 8.11. The summed E-state index contributed by atoms with van der Waals surface area (Å²) in [7, 11) is 1.32. The van der Waals surface area contributed by atoms with Crippen molar-refractivity contribution >= 4 is 11.8 Å². The van der Waals surface area contributed by atoms with Gasteiger partial charge < -0.3 is 4.74 Å². The fourth-order valence-electron chi connectivity index (χ4n) is 2.01. The molecule has 0 saturated heterocycles. The molecule has 0 atom stereocenters. The maximum atomic E-state index is 11.2. The summed E-state index contributed by atoms with van der Waals surface area (Å²) in [6.07, 6.45) is 0.530. The number of hydrogen-bond donors (Lipinski definition) is 0. The van der Waals surface area contributed by atoms with Crippen molar-refractivity contribution in [2.75, 3.05) is 7.11 Å². The van der Waals surface area contributed by atoms with Gasteiger partial charge in [-0.3, -0.25) is 4.79 Å². The van der Waals surface area contributed by atoms with E-state index >= 15 is 0 Å². The molecule has 0 spiro atoms. The fraction of sp³-hybridized carbons (Fsp3) is 0.308. The smallest absolute Gasteiger partial charge is 0.337 e. The number of carbonyl (C=O) groups is 2. The van der Waals surface area contributed by atoms with Gasteiger partial charge in [0.25, 0.3) is 0 Å². The SMILES string of the molecule is COC(=O)c1ccc(C2(C#N)CC(=O)C2)cc1. The van der Waals surface area contributed by atoms with Crippen LogP contribution in [0.4, 0.5) is 0 Å². The van der Waals surface area contributed by atoms with E-state index < -0.39 is 11.4 Å². The summed E-state index contributed by atoms with van der Waals surface area (Å²) in [6.45, 7) is 0. The quantitative estimate of drug-likeness (QED) is 0.722. The Hall–Kier alpha value is -2.15. The highest BCUT2D eigenvalue weighted by atomic mass is 16.5. The first-order valence-electron chi connectivity index (χ1n) is 5.23. The predicted octanol–water partition coefficient (Wildman–Crippen LogP) is 1.60. The number of nitriles is 1. The van der Waals surface area contributed by atoms with E-state index in [2.05, 4.69) is 10.8 Å². The van der Waals surface area contributed by atoms with Crippen LogP contribution in [-0.4, -0.2) is 18.9 Å². The van der Waals surface area contributed by atoms with Crippen molar-refractivity contribution in [1.82, 2.24) is 0 Å². The lowest BCUT2D eigenvalue weighted by Gasteiger charge is -2.34. The molecule has 4 nitrogen and oxygen atoms in total. The minimum absolute atomic E-state index is 0.101. The molecule has 0 radical (unpaired) electrons. The van der Waals surface area contributed by atoms with Gasteiger partial charge in [-0.05, 0) is 17.7 Å². The number of methoxy groups -OCH3 is 1. The highest BCUT2D eigenvalue weighted by molar-refractivity contribution is 5.91. The van der Waals surface area contributed by atoms with Crippen LogP contribution in [-0.2, 0) is 14.9 Å². The maximum absolute atomic E-state index is 11.2. The third-order valence-electron chi connectivity index (χ3n) is 3.07. The van der Waals surface area contributed by atoms with E-state index in [0.29, 0.717) is 5.56 Å². The number of ketones is 1. The molecule has 2 rings (SSSR count). The minimum atomic E-state index is -0.689. The number of rotatable bonds is 2. The van der Waals surface area contributed by atoms with Crippen LogP contribution in [0.3, 0.4) is 0 Å². The van der Waals surface area contributed by atoms with Crippen LogP contribution in [0.5, 0.6) is 0 Å². The molecular formula is C13H11NO3. The summed E-state index contributed by atoms with van der Waals surface area (Å²) < 4.78 is 4.59. The molecule has 1 aromatic rings. The lowest BCUT2D eigenvalue weighted by atomic mass is 9.65. The van der Waals surface area contributed by atoms with Gasteiger partial charge in [0.15, 0.2) is 0 Å². The Bertz CT molecular complexity index is 502. The summed E-state index contributed by atoms with van der Waals surface area (Å²) in [6, 6.07) is 8.84. The molecule has 0 aromatic heterocycles. The molecule has 86 valence electrons. The molecule has 0 N–H and O–H groups in total. The number of nitrogens with zero attached hydrogens (tertiary/aromatic N) is 1. The Kier molecular flexibility index (Phi) is 2.68. The Labute approximate surface area is 98.8 Å². The average Bonchev–Trinajstić information content (AvgIpc) is 2.34. The topological polar surface area (TPSA) is 67.2 Å². The predicted molar refractivity (Wildman–Crippen MR) is 59.3 cm³/mol. The van der Waals surface area contributed by atoms with Crippen molar-refractivity contribution in [3.63, 3.8) is 0 Å². The van der Waals surface area contributed by atoms with Crippen molar-refractivity contribution in [2.45, 2.75) is 18.3 Å². The normalized spacial score (nSPS) is 16.8. The molecule has 1 aliphatic carbocycles. The molecule has 0 bridgehead atoms. The summed E-state index contributed by atoms with van der Waals surface area (Å²) in [5.41, 5.74) is 0.536. The molecule has 1 aromatic carbocycles. The molecule has 1 saturated carbocycles. The molecule has 0 unspecified atom stereocenters. The lowest BCUT2D eigenvalue weighted by molar-refractivity contribution is -0.126. The van der Waals surface area contributed by atoms with E-state index in [1.165, 1.54) is 7.11 Å². The van der Waals surface area contributed by atoms with Crippen LogP contribution in [0.25, 0.3) is 0 Å². The molecule has 0 aliphatic heterocycles. The van der Waals surface area contributed by atoms with Gasteiger partial charge in [0.1, 0.15) is 5.78 Å². The summed E-state index contributed by atoms with van der Waals surface area (Å²) in [5, 5.41) is 9.14. The van der Waals surface area contributed by atoms with Gasteiger partial charge in [-0.1, -0.05) is 12.1 Å². The summed E-state index contributed by atoms with van der Waals surface area (Å²) >= 11 is 0. The number of carbonyl (C=O) groups excluding carboxylic acids is 2. The molecule has 4 heteroatoms. The second-order valence-corrected chi connectivity index (χ2v) is 4.16. The van der Waals surface area contributed by atoms with Crippen LogP contribution in [0.2, 0.25) is 0 Å². The zero-order valence-electron chi connectivity index (χ0n) is 9.40. The van der Waals surface area contributed by atoms with Gasteiger partial charge in [-0.25, -0.2) is 4.79 Å². The van der Waals surface area contributed by atoms with Gasteiger partial charge in [-0.15, -0.1) is 0 Å². The summed E-state index contributed by atoms with van der Waals surface area (Å²) in [5.74, 6) is -0.309. The zero-order chi connectivity index (χ0) is 12.5. The Morgan fingerprint density at radius 2 is 1.94 bits per heavy atom. The Morgan fingerprint density at radius 3 is 2.35 bits per heavy atom. The van der Waals surface area contributed by atoms with E-state index in [1.54, 1.807) is 24.3 Å². The van der Waals surface area contributed by atoms with Crippen molar-refractivity contribution in [1.29, 1.82) is 5.26 Å². The molecule has 1 fully saturated rings. The van der Waals surface area contributed by atoms with Gasteiger partial charge >= 0.3 is 5.97 Å². The highest BCUT2D eigenvalue weighted by Crippen LogP contribution is 2.40. The number of hydrogen-bond acceptors (Lipinski definition) is 4. The Morgan fingerprint density at radius 1 is 1.35 bits per heavy atom. The van der Waals surface area contributed by atoms with Crippen LogP contribution >= 0.6 is 0 Å². The molecule has 1 aliphatic rings. The van der Waals surface area contributed by atoms with E-state index in [-0.39, 0.29) is 18.6 Å². The number of Topliss-reactive ketones (excluding diaryl/α,β-unsaturated/α-hetero) is 1. The summed E-state index contributed by atoms with van der Waals surface area (Å²) in [4.78, 5) is 22.3. The monoisotopic (exact) mass is 229 g/mol. The zero-order valence-corrected chi connectivity index (χ0v) is 9.40.